The van der Waals surface area contributed by atoms with Gasteiger partial charge in [0.05, 0.1) is 0 Å². The van der Waals surface area contributed by atoms with Gasteiger partial charge in [-0.2, -0.15) is 0 Å². The number of hydrogen-bond donors (Lipinski definition) is 1. The summed E-state index contributed by atoms with van der Waals surface area (Å²) < 4.78 is 5.60. The topological polar surface area (TPSA) is 38.3 Å². The van der Waals surface area contributed by atoms with Crippen LogP contribution in [0.2, 0.25) is 0 Å². The number of amides is 1. The lowest BCUT2D eigenvalue weighted by atomic mass is 9.87. The average Bonchev–Trinajstić information content (AvgIpc) is 2.74. The fourth-order valence-corrected chi connectivity index (χ4v) is 3.80. The van der Waals surface area contributed by atoms with Crippen LogP contribution in [0.3, 0.4) is 0 Å². The van der Waals surface area contributed by atoms with E-state index in [1.54, 1.807) is 0 Å². The Hall–Kier alpha value is -1.51. The van der Waals surface area contributed by atoms with Gasteiger partial charge in [0.2, 0.25) is 0 Å². The summed E-state index contributed by atoms with van der Waals surface area (Å²) in [6, 6.07) is 8.03. The van der Waals surface area contributed by atoms with Crippen molar-refractivity contribution in [1.29, 1.82) is 0 Å². The molecule has 0 spiro atoms. The Morgan fingerprint density at radius 1 is 0.742 bits per heavy atom. The Balaban J connectivity index is 1.89. The summed E-state index contributed by atoms with van der Waals surface area (Å²) >= 11 is 0. The van der Waals surface area contributed by atoms with Gasteiger partial charge in [0.1, 0.15) is 5.75 Å². The van der Waals surface area contributed by atoms with E-state index in [0.717, 1.165) is 18.7 Å². The minimum Gasteiger partial charge on any atom is -0.484 e. The fourth-order valence-electron chi connectivity index (χ4n) is 3.80. The van der Waals surface area contributed by atoms with Crippen molar-refractivity contribution >= 4 is 5.91 Å². The summed E-state index contributed by atoms with van der Waals surface area (Å²) in [5.74, 6) is 0.717. The smallest absolute Gasteiger partial charge is 0.257 e. The molecule has 0 radical (unpaired) electrons. The molecule has 3 heteroatoms. The lowest BCUT2D eigenvalue weighted by Gasteiger charge is -2.19. The van der Waals surface area contributed by atoms with Gasteiger partial charge in [0, 0.05) is 6.54 Å². The van der Waals surface area contributed by atoms with Gasteiger partial charge in [-0.25, -0.2) is 0 Å². The van der Waals surface area contributed by atoms with Crippen LogP contribution in [0.5, 0.6) is 5.75 Å². The van der Waals surface area contributed by atoms with Gasteiger partial charge in [-0.15, -0.1) is 0 Å². The van der Waals surface area contributed by atoms with Gasteiger partial charge >= 0.3 is 0 Å². The van der Waals surface area contributed by atoms with E-state index in [9.17, 15) is 4.79 Å². The van der Waals surface area contributed by atoms with Gasteiger partial charge in [0.25, 0.3) is 5.91 Å². The molecule has 1 rings (SSSR count). The molecule has 178 valence electrons. The Bertz CT molecular complexity index is 559. The number of rotatable bonds is 18. The molecule has 0 saturated heterocycles. The van der Waals surface area contributed by atoms with Gasteiger partial charge in [0.15, 0.2) is 6.61 Å². The van der Waals surface area contributed by atoms with Crippen LogP contribution in [0.15, 0.2) is 24.3 Å². The maximum atomic E-state index is 11.9. The third-order valence-corrected chi connectivity index (χ3v) is 5.94. The molecule has 1 aromatic rings. The summed E-state index contributed by atoms with van der Waals surface area (Å²) in [6.07, 6.45) is 18.9. The zero-order valence-corrected chi connectivity index (χ0v) is 20.9. The van der Waals surface area contributed by atoms with Crippen molar-refractivity contribution in [2.75, 3.05) is 13.2 Å². The van der Waals surface area contributed by atoms with Crippen molar-refractivity contribution < 1.29 is 9.53 Å². The summed E-state index contributed by atoms with van der Waals surface area (Å²) in [5.41, 5.74) is 1.39. The van der Waals surface area contributed by atoms with E-state index in [-0.39, 0.29) is 17.9 Å². The van der Waals surface area contributed by atoms with Gasteiger partial charge in [-0.1, -0.05) is 123 Å². The second kappa shape index (κ2) is 17.1. The van der Waals surface area contributed by atoms with Crippen LogP contribution >= 0.6 is 0 Å². The van der Waals surface area contributed by atoms with Crippen LogP contribution in [0.25, 0.3) is 0 Å². The standard InChI is InChI=1S/C28H49NO2/c1-5-6-7-8-9-10-11-12-13-14-15-16-17-18-23-29-27(30)24-31-26-21-19-25(20-22-26)28(2,3)4/h19-22H,5-18,23-24H2,1-4H3,(H,29,30). The summed E-state index contributed by atoms with van der Waals surface area (Å²) in [5, 5.41) is 2.97. The van der Waals surface area contributed by atoms with Gasteiger partial charge in [-0.3, -0.25) is 4.79 Å². The first-order valence-electron chi connectivity index (χ1n) is 12.9. The molecule has 0 unspecified atom stereocenters. The van der Waals surface area contributed by atoms with Crippen molar-refractivity contribution in [2.45, 2.75) is 123 Å². The molecule has 0 saturated carbocycles. The second-order valence-electron chi connectivity index (χ2n) is 10.0. The Kier molecular flexibility index (Phi) is 15.2. The van der Waals surface area contributed by atoms with Gasteiger partial charge < -0.3 is 10.1 Å². The fraction of sp³-hybridized carbons (Fsp3) is 0.750. The normalized spacial score (nSPS) is 11.5. The molecule has 0 atom stereocenters. The number of carbonyl (C=O) groups is 1. The molecule has 1 amide bonds. The first-order chi connectivity index (χ1) is 14.9. The summed E-state index contributed by atoms with van der Waals surface area (Å²) in [7, 11) is 0. The quantitative estimate of drug-likeness (QED) is 0.239. The predicted octanol–water partition coefficient (Wildman–Crippen LogP) is 7.96. The van der Waals surface area contributed by atoms with Crippen molar-refractivity contribution in [2.24, 2.45) is 0 Å². The monoisotopic (exact) mass is 431 g/mol. The minimum absolute atomic E-state index is 0.0328. The summed E-state index contributed by atoms with van der Waals surface area (Å²) in [6.45, 7) is 9.69. The molecule has 31 heavy (non-hydrogen) atoms. The molecule has 3 nitrogen and oxygen atoms in total. The molecule has 0 bridgehead atoms. The van der Waals surface area contributed by atoms with Crippen LogP contribution in [0.1, 0.15) is 123 Å². The molecule has 0 fully saturated rings. The van der Waals surface area contributed by atoms with E-state index >= 15 is 0 Å². The Labute approximate surface area is 192 Å². The maximum Gasteiger partial charge on any atom is 0.257 e. The molecule has 1 aromatic carbocycles. The molecule has 0 aromatic heterocycles. The largest absolute Gasteiger partial charge is 0.484 e. The van der Waals surface area contributed by atoms with E-state index < -0.39 is 0 Å². The van der Waals surface area contributed by atoms with Crippen LogP contribution in [-0.4, -0.2) is 19.1 Å². The third-order valence-electron chi connectivity index (χ3n) is 5.94. The lowest BCUT2D eigenvalue weighted by Crippen LogP contribution is -2.29. The van der Waals surface area contributed by atoms with Gasteiger partial charge in [-0.05, 0) is 29.5 Å². The van der Waals surface area contributed by atoms with Crippen LogP contribution in [0, 0.1) is 0 Å². The average molecular weight is 432 g/mol. The molecule has 1 N–H and O–H groups in total. The molecule has 0 aliphatic carbocycles. The third kappa shape index (κ3) is 15.0. The molecule has 0 aliphatic rings. The number of benzene rings is 1. The second-order valence-corrected chi connectivity index (χ2v) is 10.0. The zero-order valence-electron chi connectivity index (χ0n) is 20.9. The Morgan fingerprint density at radius 3 is 1.65 bits per heavy atom. The number of unbranched alkanes of at least 4 members (excludes halogenated alkanes) is 13. The van der Waals surface area contributed by atoms with E-state index in [1.807, 2.05) is 12.1 Å². The van der Waals surface area contributed by atoms with Crippen molar-refractivity contribution in [3.8, 4) is 5.75 Å². The van der Waals surface area contributed by atoms with Crippen molar-refractivity contribution in [3.05, 3.63) is 29.8 Å². The highest BCUT2D eigenvalue weighted by Gasteiger charge is 2.13. The predicted molar refractivity (Wildman–Crippen MR) is 134 cm³/mol. The number of hydrogen-bond acceptors (Lipinski definition) is 2. The van der Waals surface area contributed by atoms with Crippen molar-refractivity contribution in [1.82, 2.24) is 5.32 Å². The number of nitrogens with one attached hydrogen (secondary N) is 1. The van der Waals surface area contributed by atoms with E-state index in [4.69, 9.17) is 4.74 Å². The first kappa shape index (κ1) is 27.5. The van der Waals surface area contributed by atoms with Crippen molar-refractivity contribution in [3.63, 3.8) is 0 Å². The number of carbonyl (C=O) groups excluding carboxylic acids is 1. The van der Waals surface area contributed by atoms with Crippen LogP contribution in [-0.2, 0) is 10.2 Å². The lowest BCUT2D eigenvalue weighted by molar-refractivity contribution is -0.123. The van der Waals surface area contributed by atoms with E-state index in [2.05, 4.69) is 45.1 Å². The van der Waals surface area contributed by atoms with E-state index in [0.29, 0.717) is 0 Å². The minimum atomic E-state index is -0.0328. The molecule has 0 aliphatic heterocycles. The highest BCUT2D eigenvalue weighted by molar-refractivity contribution is 5.77. The van der Waals surface area contributed by atoms with E-state index in [1.165, 1.54) is 89.0 Å². The van der Waals surface area contributed by atoms with Crippen LogP contribution in [0.4, 0.5) is 0 Å². The maximum absolute atomic E-state index is 11.9. The summed E-state index contributed by atoms with van der Waals surface area (Å²) in [4.78, 5) is 11.9. The highest BCUT2D eigenvalue weighted by Crippen LogP contribution is 2.24. The number of ether oxygens (including phenoxy) is 1. The molecule has 0 heterocycles. The zero-order chi connectivity index (χ0) is 22.8. The first-order valence-corrected chi connectivity index (χ1v) is 12.9. The highest BCUT2D eigenvalue weighted by atomic mass is 16.5. The molecular weight excluding hydrogens is 382 g/mol. The van der Waals surface area contributed by atoms with Crippen LogP contribution < -0.4 is 10.1 Å². The SMILES string of the molecule is CCCCCCCCCCCCCCCCNC(=O)COc1ccc(C(C)(C)C)cc1. The Morgan fingerprint density at radius 2 is 1.19 bits per heavy atom. The molecular formula is C28H49NO2.